The molecular weight excluding hydrogens is 241 g/mol. The van der Waals surface area contributed by atoms with E-state index in [0.29, 0.717) is 11.0 Å². The van der Waals surface area contributed by atoms with Crippen molar-refractivity contribution in [2.45, 2.75) is 25.6 Å². The van der Waals surface area contributed by atoms with Gasteiger partial charge in [0.05, 0.1) is 11.4 Å². The average Bonchev–Trinajstić information content (AvgIpc) is 2.29. The van der Waals surface area contributed by atoms with Crippen LogP contribution in [0.25, 0.3) is 10.9 Å². The van der Waals surface area contributed by atoms with Crippen LogP contribution < -0.4 is 0 Å². The molecule has 0 aliphatic rings. The van der Waals surface area contributed by atoms with Gasteiger partial charge in [-0.15, -0.1) is 11.6 Å². The minimum Gasteiger partial charge on any atom is -0.235 e. The van der Waals surface area contributed by atoms with Crippen LogP contribution in [0.4, 0.5) is 0 Å². The van der Waals surface area contributed by atoms with E-state index in [1.54, 1.807) is 0 Å². The third-order valence-corrected chi connectivity index (χ3v) is 3.23. The summed E-state index contributed by atoms with van der Waals surface area (Å²) in [4.78, 5) is 4.45. The normalized spacial score (nSPS) is 10.9. The third kappa shape index (κ3) is 2.16. The Morgan fingerprint density at radius 1 is 1.25 bits per heavy atom. The Kier molecular flexibility index (Phi) is 3.67. The van der Waals surface area contributed by atoms with Gasteiger partial charge in [-0.2, -0.15) is 0 Å². The number of aromatic nitrogens is 1. The van der Waals surface area contributed by atoms with Crippen LogP contribution in [0.2, 0.25) is 5.15 Å². The number of nitrogens with zero attached hydrogens (tertiary/aromatic N) is 1. The van der Waals surface area contributed by atoms with Crippen LogP contribution in [0, 0.1) is 0 Å². The molecular formula is C13H13Cl2N. The van der Waals surface area contributed by atoms with Gasteiger partial charge in [-0.25, -0.2) is 4.98 Å². The second-order valence-corrected chi connectivity index (χ2v) is 4.44. The number of aryl methyl sites for hydroxylation is 1. The molecule has 0 atom stereocenters. The maximum absolute atomic E-state index is 6.08. The molecule has 1 nitrogen and oxygen atoms in total. The van der Waals surface area contributed by atoms with E-state index in [1.165, 1.54) is 5.56 Å². The third-order valence-electron chi connectivity index (χ3n) is 2.62. The van der Waals surface area contributed by atoms with E-state index in [1.807, 2.05) is 12.1 Å². The van der Waals surface area contributed by atoms with Crippen molar-refractivity contribution >= 4 is 34.1 Å². The lowest BCUT2D eigenvalue weighted by Crippen LogP contribution is -1.92. The zero-order valence-corrected chi connectivity index (χ0v) is 10.6. The van der Waals surface area contributed by atoms with Crippen molar-refractivity contribution in [2.24, 2.45) is 0 Å². The first-order chi connectivity index (χ1) is 7.76. The molecule has 1 aromatic heterocycles. The highest BCUT2D eigenvalue weighted by Gasteiger charge is 2.06. The van der Waals surface area contributed by atoms with Crippen LogP contribution in [-0.4, -0.2) is 4.98 Å². The molecule has 2 rings (SSSR count). The van der Waals surface area contributed by atoms with Gasteiger partial charge < -0.3 is 0 Å². The predicted octanol–water partition coefficient (Wildman–Crippen LogP) is 4.58. The molecule has 0 saturated heterocycles. The van der Waals surface area contributed by atoms with E-state index < -0.39 is 0 Å². The van der Waals surface area contributed by atoms with Crippen LogP contribution in [-0.2, 0) is 12.3 Å². The molecule has 16 heavy (non-hydrogen) atoms. The summed E-state index contributed by atoms with van der Waals surface area (Å²) >= 11 is 11.9. The monoisotopic (exact) mass is 253 g/mol. The first-order valence-electron chi connectivity index (χ1n) is 5.39. The lowest BCUT2D eigenvalue weighted by molar-refractivity contribution is 0.926. The molecule has 0 unspecified atom stereocenters. The van der Waals surface area contributed by atoms with Crippen molar-refractivity contribution in [1.82, 2.24) is 4.98 Å². The van der Waals surface area contributed by atoms with Crippen molar-refractivity contribution in [1.29, 1.82) is 0 Å². The molecule has 3 heteroatoms. The number of para-hydroxylation sites is 1. The molecule has 0 saturated carbocycles. The number of hydrogen-bond donors (Lipinski definition) is 0. The molecule has 0 spiro atoms. The van der Waals surface area contributed by atoms with E-state index in [9.17, 15) is 0 Å². The van der Waals surface area contributed by atoms with Crippen molar-refractivity contribution in [3.8, 4) is 0 Å². The average molecular weight is 254 g/mol. The van der Waals surface area contributed by atoms with Gasteiger partial charge >= 0.3 is 0 Å². The molecule has 0 radical (unpaired) electrons. The number of halogens is 2. The summed E-state index contributed by atoms with van der Waals surface area (Å²) in [6.07, 6.45) is 2.14. The SMILES string of the molecule is CCCc1cccc2cc(CCl)c(Cl)nc12. The highest BCUT2D eigenvalue weighted by Crippen LogP contribution is 2.24. The van der Waals surface area contributed by atoms with Crippen molar-refractivity contribution in [3.63, 3.8) is 0 Å². The fourth-order valence-electron chi connectivity index (χ4n) is 1.85. The van der Waals surface area contributed by atoms with Crippen molar-refractivity contribution in [3.05, 3.63) is 40.5 Å². The summed E-state index contributed by atoms with van der Waals surface area (Å²) in [6, 6.07) is 8.24. The number of fused-ring (bicyclic) bond motifs is 1. The highest BCUT2D eigenvalue weighted by atomic mass is 35.5. The number of pyridine rings is 1. The summed E-state index contributed by atoms with van der Waals surface area (Å²) in [5.41, 5.74) is 3.15. The Morgan fingerprint density at radius 3 is 2.75 bits per heavy atom. The summed E-state index contributed by atoms with van der Waals surface area (Å²) in [7, 11) is 0. The standard InChI is InChI=1S/C13H13Cl2N/c1-2-4-9-5-3-6-10-7-11(8-14)13(15)16-12(9)10/h3,5-7H,2,4,8H2,1H3. The van der Waals surface area contributed by atoms with Crippen LogP contribution in [0.1, 0.15) is 24.5 Å². The van der Waals surface area contributed by atoms with Gasteiger partial charge in [0.25, 0.3) is 0 Å². The van der Waals surface area contributed by atoms with Crippen LogP contribution in [0.5, 0.6) is 0 Å². The summed E-state index contributed by atoms with van der Waals surface area (Å²) in [5.74, 6) is 0.403. The van der Waals surface area contributed by atoms with Crippen LogP contribution >= 0.6 is 23.2 Å². The van der Waals surface area contributed by atoms with E-state index >= 15 is 0 Å². The molecule has 1 heterocycles. The van der Waals surface area contributed by atoms with Gasteiger partial charge in [-0.05, 0) is 18.1 Å². The number of rotatable bonds is 3. The maximum Gasteiger partial charge on any atom is 0.134 e. The summed E-state index contributed by atoms with van der Waals surface area (Å²) in [5, 5.41) is 1.64. The lowest BCUT2D eigenvalue weighted by Gasteiger charge is -2.07. The van der Waals surface area contributed by atoms with E-state index in [-0.39, 0.29) is 0 Å². The predicted molar refractivity (Wildman–Crippen MR) is 70.3 cm³/mol. The molecule has 0 N–H and O–H groups in total. The topological polar surface area (TPSA) is 12.9 Å². The van der Waals surface area contributed by atoms with E-state index in [0.717, 1.165) is 29.3 Å². The van der Waals surface area contributed by atoms with E-state index in [4.69, 9.17) is 23.2 Å². The molecule has 84 valence electrons. The highest BCUT2D eigenvalue weighted by molar-refractivity contribution is 6.31. The van der Waals surface area contributed by atoms with Crippen LogP contribution in [0.15, 0.2) is 24.3 Å². The maximum atomic E-state index is 6.08. The summed E-state index contributed by atoms with van der Waals surface area (Å²) < 4.78 is 0. The fraction of sp³-hybridized carbons (Fsp3) is 0.308. The second kappa shape index (κ2) is 5.03. The largest absolute Gasteiger partial charge is 0.235 e. The Labute approximate surface area is 105 Å². The van der Waals surface area contributed by atoms with Crippen LogP contribution in [0.3, 0.4) is 0 Å². The second-order valence-electron chi connectivity index (χ2n) is 3.81. The first kappa shape index (κ1) is 11.7. The number of alkyl halides is 1. The molecule has 2 aromatic rings. The van der Waals surface area contributed by atoms with Gasteiger partial charge in [0.15, 0.2) is 0 Å². The van der Waals surface area contributed by atoms with Gasteiger partial charge in [0.2, 0.25) is 0 Å². The first-order valence-corrected chi connectivity index (χ1v) is 6.30. The zero-order chi connectivity index (χ0) is 11.5. The molecule has 0 bridgehead atoms. The Balaban J connectivity index is 2.64. The Morgan fingerprint density at radius 2 is 2.06 bits per heavy atom. The zero-order valence-electron chi connectivity index (χ0n) is 9.13. The molecule has 0 aliphatic carbocycles. The van der Waals surface area contributed by atoms with Gasteiger partial charge in [-0.1, -0.05) is 43.1 Å². The minimum absolute atomic E-state index is 0.403. The van der Waals surface area contributed by atoms with Crippen molar-refractivity contribution in [2.75, 3.05) is 0 Å². The van der Waals surface area contributed by atoms with Gasteiger partial charge in [0.1, 0.15) is 5.15 Å². The smallest absolute Gasteiger partial charge is 0.134 e. The Bertz CT molecular complexity index is 509. The fourth-order valence-corrected chi connectivity index (χ4v) is 2.32. The molecule has 0 fully saturated rings. The van der Waals surface area contributed by atoms with Crippen molar-refractivity contribution < 1.29 is 0 Å². The summed E-state index contributed by atoms with van der Waals surface area (Å²) in [6.45, 7) is 2.16. The molecule has 0 amide bonds. The number of hydrogen-bond acceptors (Lipinski definition) is 1. The number of benzene rings is 1. The van der Waals surface area contributed by atoms with Gasteiger partial charge in [0, 0.05) is 10.9 Å². The molecule has 1 aromatic carbocycles. The molecule has 0 aliphatic heterocycles. The Hall–Kier alpha value is -0.790. The minimum atomic E-state index is 0.403. The quantitative estimate of drug-likeness (QED) is 0.577. The lowest BCUT2D eigenvalue weighted by atomic mass is 10.0. The van der Waals surface area contributed by atoms with Gasteiger partial charge in [-0.3, -0.25) is 0 Å². The van der Waals surface area contributed by atoms with E-state index in [2.05, 4.69) is 24.0 Å².